The van der Waals surface area contributed by atoms with Gasteiger partial charge in [-0.3, -0.25) is 4.79 Å². The van der Waals surface area contributed by atoms with Gasteiger partial charge < -0.3 is 19.5 Å². The molecular weight excluding hydrogens is 374 g/mol. The summed E-state index contributed by atoms with van der Waals surface area (Å²) in [6, 6.07) is 8.09. The van der Waals surface area contributed by atoms with Gasteiger partial charge in [0, 0.05) is 0 Å². The number of hydrogen-bond donors (Lipinski definition) is 1. The van der Waals surface area contributed by atoms with Crippen LogP contribution in [0.4, 0.5) is 5.69 Å². The van der Waals surface area contributed by atoms with Crippen molar-refractivity contribution in [3.8, 4) is 5.75 Å². The summed E-state index contributed by atoms with van der Waals surface area (Å²) in [7, 11) is 2.48. The molecule has 0 heterocycles. The maximum Gasteiger partial charge on any atom is 0.339 e. The van der Waals surface area contributed by atoms with Crippen LogP contribution in [0, 0.1) is 20.8 Å². The number of carbonyl (C=O) groups excluding carboxylic acids is 3. The number of anilines is 1. The summed E-state index contributed by atoms with van der Waals surface area (Å²) >= 11 is 0. The fourth-order valence-electron chi connectivity index (χ4n) is 2.78. The smallest absolute Gasteiger partial charge is 0.339 e. The Bertz CT molecular complexity index is 951. The Kier molecular flexibility index (Phi) is 6.98. The number of esters is 2. The normalized spacial score (nSPS) is 11.4. The van der Waals surface area contributed by atoms with E-state index in [1.807, 2.05) is 32.9 Å². The van der Waals surface area contributed by atoms with Crippen LogP contribution in [0.2, 0.25) is 0 Å². The van der Waals surface area contributed by atoms with Crippen LogP contribution in [0.1, 0.15) is 44.3 Å². The number of amides is 1. The van der Waals surface area contributed by atoms with E-state index in [0.29, 0.717) is 5.75 Å². The SMILES string of the molecule is COC(=O)c1ccc(C(=O)OC)c(NC(=O)[C@@H](C)Oc2cc(C)cc(C)c2C)c1. The number of nitrogens with one attached hydrogen (secondary N) is 1. The summed E-state index contributed by atoms with van der Waals surface area (Å²) in [6.45, 7) is 7.45. The molecule has 2 aromatic rings. The van der Waals surface area contributed by atoms with Gasteiger partial charge in [-0.05, 0) is 68.7 Å². The summed E-state index contributed by atoms with van der Waals surface area (Å²) in [5.41, 5.74) is 3.47. The molecule has 0 aliphatic heterocycles. The lowest BCUT2D eigenvalue weighted by molar-refractivity contribution is -0.122. The Labute approximate surface area is 170 Å². The fraction of sp³-hybridized carbons (Fsp3) is 0.318. The van der Waals surface area contributed by atoms with Gasteiger partial charge in [-0.1, -0.05) is 6.07 Å². The monoisotopic (exact) mass is 399 g/mol. The first-order chi connectivity index (χ1) is 13.7. The number of hydrogen-bond acceptors (Lipinski definition) is 6. The van der Waals surface area contributed by atoms with Crippen molar-refractivity contribution in [2.75, 3.05) is 19.5 Å². The van der Waals surface area contributed by atoms with E-state index in [-0.39, 0.29) is 16.8 Å². The molecule has 0 saturated carbocycles. The van der Waals surface area contributed by atoms with Gasteiger partial charge in [0.05, 0.1) is 31.0 Å². The van der Waals surface area contributed by atoms with E-state index in [1.54, 1.807) is 6.92 Å². The van der Waals surface area contributed by atoms with Crippen molar-refractivity contribution < 1.29 is 28.6 Å². The second kappa shape index (κ2) is 9.23. The van der Waals surface area contributed by atoms with Gasteiger partial charge in [0.25, 0.3) is 5.91 Å². The zero-order valence-electron chi connectivity index (χ0n) is 17.4. The van der Waals surface area contributed by atoms with Crippen molar-refractivity contribution in [2.24, 2.45) is 0 Å². The Hall–Kier alpha value is -3.35. The fourth-order valence-corrected chi connectivity index (χ4v) is 2.78. The summed E-state index contributed by atoms with van der Waals surface area (Å²) in [6.07, 6.45) is -0.845. The predicted molar refractivity (Wildman–Crippen MR) is 108 cm³/mol. The average Bonchev–Trinajstić information content (AvgIpc) is 2.70. The molecule has 7 nitrogen and oxygen atoms in total. The molecule has 154 valence electrons. The summed E-state index contributed by atoms with van der Waals surface area (Å²) in [4.78, 5) is 36.5. The molecule has 0 aromatic heterocycles. The van der Waals surface area contributed by atoms with Crippen LogP contribution in [0.25, 0.3) is 0 Å². The molecule has 2 aromatic carbocycles. The van der Waals surface area contributed by atoms with Gasteiger partial charge in [-0.25, -0.2) is 9.59 Å². The van der Waals surface area contributed by atoms with E-state index in [0.717, 1.165) is 16.7 Å². The van der Waals surface area contributed by atoms with Gasteiger partial charge in [-0.15, -0.1) is 0 Å². The Morgan fingerprint density at radius 3 is 2.21 bits per heavy atom. The minimum absolute atomic E-state index is 0.114. The minimum atomic E-state index is -0.845. The van der Waals surface area contributed by atoms with Crippen molar-refractivity contribution in [3.63, 3.8) is 0 Å². The standard InChI is InChI=1S/C22H25NO6/c1-12-9-13(2)14(3)19(10-12)29-15(4)20(24)23-18-11-16(21(25)27-5)7-8-17(18)22(26)28-6/h7-11,15H,1-6H3,(H,23,24)/t15-/m1/s1. The Balaban J connectivity index is 2.28. The summed E-state index contributed by atoms with van der Waals surface area (Å²) < 4.78 is 15.3. The molecule has 0 radical (unpaired) electrons. The Morgan fingerprint density at radius 2 is 1.59 bits per heavy atom. The highest BCUT2D eigenvalue weighted by molar-refractivity contribution is 6.04. The third-order valence-corrected chi connectivity index (χ3v) is 4.54. The van der Waals surface area contributed by atoms with Gasteiger partial charge in [-0.2, -0.15) is 0 Å². The number of rotatable bonds is 6. The molecule has 1 atom stereocenters. The molecular formula is C22H25NO6. The lowest BCUT2D eigenvalue weighted by atomic mass is 10.1. The third kappa shape index (κ3) is 5.13. The number of aryl methyl sites for hydroxylation is 2. The molecule has 0 unspecified atom stereocenters. The van der Waals surface area contributed by atoms with Crippen LogP contribution in [0.15, 0.2) is 30.3 Å². The van der Waals surface area contributed by atoms with E-state index < -0.39 is 23.9 Å². The van der Waals surface area contributed by atoms with Crippen molar-refractivity contribution in [1.29, 1.82) is 0 Å². The number of benzene rings is 2. The van der Waals surface area contributed by atoms with Crippen molar-refractivity contribution in [2.45, 2.75) is 33.8 Å². The molecule has 0 bridgehead atoms. The van der Waals surface area contributed by atoms with Crippen molar-refractivity contribution >= 4 is 23.5 Å². The van der Waals surface area contributed by atoms with Crippen LogP contribution in [0.5, 0.6) is 5.75 Å². The first-order valence-electron chi connectivity index (χ1n) is 9.04. The molecule has 0 saturated heterocycles. The zero-order valence-corrected chi connectivity index (χ0v) is 17.4. The first-order valence-corrected chi connectivity index (χ1v) is 9.04. The highest BCUT2D eigenvalue weighted by Crippen LogP contribution is 2.25. The molecule has 1 N–H and O–H groups in total. The van der Waals surface area contributed by atoms with E-state index in [9.17, 15) is 14.4 Å². The van der Waals surface area contributed by atoms with E-state index in [2.05, 4.69) is 5.32 Å². The lowest BCUT2D eigenvalue weighted by Gasteiger charge is -2.19. The average molecular weight is 399 g/mol. The maximum atomic E-state index is 12.7. The number of carbonyl (C=O) groups is 3. The highest BCUT2D eigenvalue weighted by atomic mass is 16.5. The van der Waals surface area contributed by atoms with Crippen LogP contribution in [0.3, 0.4) is 0 Å². The molecule has 1 amide bonds. The summed E-state index contributed by atoms with van der Waals surface area (Å²) in [5.74, 6) is -1.10. The molecule has 7 heteroatoms. The van der Waals surface area contributed by atoms with Crippen molar-refractivity contribution in [3.05, 3.63) is 58.1 Å². The van der Waals surface area contributed by atoms with Crippen LogP contribution >= 0.6 is 0 Å². The first kappa shape index (κ1) is 21.9. The van der Waals surface area contributed by atoms with Crippen LogP contribution < -0.4 is 10.1 Å². The molecule has 0 spiro atoms. The van der Waals surface area contributed by atoms with Gasteiger partial charge in [0.15, 0.2) is 6.10 Å². The molecule has 0 fully saturated rings. The van der Waals surface area contributed by atoms with E-state index in [4.69, 9.17) is 14.2 Å². The van der Waals surface area contributed by atoms with E-state index in [1.165, 1.54) is 32.4 Å². The topological polar surface area (TPSA) is 90.9 Å². The second-order valence-electron chi connectivity index (χ2n) is 6.70. The number of methoxy groups -OCH3 is 2. The predicted octanol–water partition coefficient (Wildman–Crippen LogP) is 3.59. The van der Waals surface area contributed by atoms with Crippen LogP contribution in [-0.4, -0.2) is 38.2 Å². The largest absolute Gasteiger partial charge is 0.481 e. The van der Waals surface area contributed by atoms with E-state index >= 15 is 0 Å². The lowest BCUT2D eigenvalue weighted by Crippen LogP contribution is -2.31. The third-order valence-electron chi connectivity index (χ3n) is 4.54. The van der Waals surface area contributed by atoms with Gasteiger partial charge in [0.2, 0.25) is 0 Å². The Morgan fingerprint density at radius 1 is 0.931 bits per heavy atom. The maximum absolute atomic E-state index is 12.7. The molecule has 29 heavy (non-hydrogen) atoms. The molecule has 0 aliphatic rings. The molecule has 0 aliphatic carbocycles. The minimum Gasteiger partial charge on any atom is -0.481 e. The second-order valence-corrected chi connectivity index (χ2v) is 6.70. The van der Waals surface area contributed by atoms with Crippen molar-refractivity contribution in [1.82, 2.24) is 0 Å². The number of ether oxygens (including phenoxy) is 3. The zero-order chi connectivity index (χ0) is 21.7. The highest BCUT2D eigenvalue weighted by Gasteiger charge is 2.21. The summed E-state index contributed by atoms with van der Waals surface area (Å²) in [5, 5.41) is 2.64. The van der Waals surface area contributed by atoms with Gasteiger partial charge in [0.1, 0.15) is 5.75 Å². The molecule has 2 rings (SSSR count). The van der Waals surface area contributed by atoms with Gasteiger partial charge >= 0.3 is 11.9 Å². The quantitative estimate of drug-likeness (QED) is 0.747. The van der Waals surface area contributed by atoms with Crippen LogP contribution in [-0.2, 0) is 14.3 Å².